The lowest BCUT2D eigenvalue weighted by Gasteiger charge is -2.39. The second-order valence-electron chi connectivity index (χ2n) is 8.98. The Kier molecular flexibility index (Phi) is 6.30. The van der Waals surface area contributed by atoms with Crippen molar-refractivity contribution in [2.75, 3.05) is 25.0 Å². The molecule has 1 N–H and O–H groups in total. The number of anilines is 1. The molecule has 1 fully saturated rings. The summed E-state index contributed by atoms with van der Waals surface area (Å²) in [5.41, 5.74) is 2.96. The molecule has 8 heteroatoms. The largest absolute Gasteiger partial charge is 0.334 e. The number of aromatic nitrogens is 1. The van der Waals surface area contributed by atoms with Crippen LogP contribution in [0, 0.1) is 12.7 Å². The summed E-state index contributed by atoms with van der Waals surface area (Å²) in [6.07, 6.45) is 0. The highest BCUT2D eigenvalue weighted by atomic mass is 32.1. The molecule has 1 aliphatic rings. The first-order valence-corrected chi connectivity index (χ1v) is 12.5. The molecule has 3 amide bonds. The molecule has 0 spiro atoms. The Balaban J connectivity index is 1.32. The number of aryl methyl sites for hydroxylation is 1. The average molecular weight is 491 g/mol. The molecular formula is C27H27FN4O2S. The smallest absolute Gasteiger partial charge is 0.322 e. The molecule has 35 heavy (non-hydrogen) atoms. The molecule has 2 aromatic carbocycles. The number of carbonyl (C=O) groups excluding carboxylic acids is 2. The minimum atomic E-state index is -0.286. The lowest BCUT2D eigenvalue weighted by molar-refractivity contribution is 0.0583. The number of piperazine rings is 1. The van der Waals surface area contributed by atoms with Gasteiger partial charge >= 0.3 is 6.03 Å². The van der Waals surface area contributed by atoms with Crippen molar-refractivity contribution in [1.29, 1.82) is 0 Å². The van der Waals surface area contributed by atoms with E-state index >= 15 is 0 Å². The molecule has 0 radical (unpaired) electrons. The van der Waals surface area contributed by atoms with E-state index in [9.17, 15) is 14.0 Å². The van der Waals surface area contributed by atoms with Gasteiger partial charge in [0.15, 0.2) is 0 Å². The van der Waals surface area contributed by atoms with Gasteiger partial charge in [-0.2, -0.15) is 0 Å². The summed E-state index contributed by atoms with van der Waals surface area (Å²) >= 11 is 1.54. The zero-order chi connectivity index (χ0) is 24.5. The zero-order valence-corrected chi connectivity index (χ0v) is 20.5. The molecule has 1 aliphatic heterocycles. The van der Waals surface area contributed by atoms with Crippen molar-refractivity contribution >= 4 is 39.2 Å². The number of halogens is 1. The normalized spacial score (nSPS) is 16.0. The van der Waals surface area contributed by atoms with E-state index in [-0.39, 0.29) is 30.3 Å². The number of hydrogen-bond acceptors (Lipinski definition) is 3. The number of hydrogen-bond donors (Lipinski definition) is 1. The standard InChI is InChI=1S/C27H27FN4O2S/c1-18-7-9-22(10-8-18)29-27(34)31-13-12-30(16-19(31)2)25(33)24-15-20-11-14-35-26(20)32(24)17-21-5-3-4-6-23(21)28/h3-11,14-15,19H,12-13,16-17H2,1-2H3,(H,29,34)/t19-/m1/s1. The molecule has 0 unspecified atom stereocenters. The van der Waals surface area contributed by atoms with Crippen LogP contribution in [0.1, 0.15) is 28.5 Å². The van der Waals surface area contributed by atoms with Gasteiger partial charge in [0.2, 0.25) is 0 Å². The number of nitrogens with zero attached hydrogens (tertiary/aromatic N) is 3. The number of nitrogens with one attached hydrogen (secondary N) is 1. The third kappa shape index (κ3) is 4.66. The maximum atomic E-state index is 14.4. The number of benzene rings is 2. The summed E-state index contributed by atoms with van der Waals surface area (Å²) in [4.78, 5) is 31.0. The van der Waals surface area contributed by atoms with E-state index in [1.807, 2.05) is 60.2 Å². The molecule has 1 saturated heterocycles. The van der Waals surface area contributed by atoms with Gasteiger partial charge in [0, 0.05) is 42.3 Å². The van der Waals surface area contributed by atoms with E-state index in [0.29, 0.717) is 30.9 Å². The van der Waals surface area contributed by atoms with Crippen LogP contribution in [0.3, 0.4) is 0 Å². The van der Waals surface area contributed by atoms with Crippen molar-refractivity contribution < 1.29 is 14.0 Å². The van der Waals surface area contributed by atoms with Gasteiger partial charge in [-0.15, -0.1) is 11.3 Å². The molecule has 0 aliphatic carbocycles. The van der Waals surface area contributed by atoms with Crippen LogP contribution in [0.2, 0.25) is 0 Å². The summed E-state index contributed by atoms with van der Waals surface area (Å²) in [5.74, 6) is -0.388. The summed E-state index contributed by atoms with van der Waals surface area (Å²) in [6.45, 7) is 5.53. The minimum Gasteiger partial charge on any atom is -0.334 e. The van der Waals surface area contributed by atoms with Gasteiger partial charge in [0.1, 0.15) is 16.3 Å². The SMILES string of the molecule is Cc1ccc(NC(=O)N2CCN(C(=O)c3cc4ccsc4n3Cc3ccccc3F)C[C@H]2C)cc1. The summed E-state index contributed by atoms with van der Waals surface area (Å²) in [7, 11) is 0. The highest BCUT2D eigenvalue weighted by Crippen LogP contribution is 2.28. The van der Waals surface area contributed by atoms with Gasteiger partial charge in [-0.1, -0.05) is 35.9 Å². The Labute approximate surface area is 207 Å². The van der Waals surface area contributed by atoms with Crippen LogP contribution in [0.25, 0.3) is 10.2 Å². The lowest BCUT2D eigenvalue weighted by Crippen LogP contribution is -2.56. The minimum absolute atomic E-state index is 0.102. The molecule has 5 rings (SSSR count). The third-order valence-corrected chi connectivity index (χ3v) is 7.44. The van der Waals surface area contributed by atoms with Crippen LogP contribution in [0.15, 0.2) is 66.0 Å². The van der Waals surface area contributed by atoms with E-state index in [2.05, 4.69) is 5.32 Å². The van der Waals surface area contributed by atoms with E-state index < -0.39 is 0 Å². The number of fused-ring (bicyclic) bond motifs is 1. The number of carbonyl (C=O) groups is 2. The Hall–Kier alpha value is -3.65. The predicted molar refractivity (Wildman–Crippen MR) is 138 cm³/mol. The maximum Gasteiger partial charge on any atom is 0.322 e. The number of rotatable bonds is 4. The number of amides is 3. The van der Waals surface area contributed by atoms with Crippen LogP contribution >= 0.6 is 11.3 Å². The van der Waals surface area contributed by atoms with Crippen molar-refractivity contribution in [3.8, 4) is 0 Å². The maximum absolute atomic E-state index is 14.4. The van der Waals surface area contributed by atoms with Crippen molar-refractivity contribution in [2.24, 2.45) is 0 Å². The van der Waals surface area contributed by atoms with Gasteiger partial charge in [0.05, 0.1) is 6.54 Å². The Morgan fingerprint density at radius 3 is 2.60 bits per heavy atom. The monoisotopic (exact) mass is 490 g/mol. The Morgan fingerprint density at radius 2 is 1.86 bits per heavy atom. The Morgan fingerprint density at radius 1 is 1.09 bits per heavy atom. The zero-order valence-electron chi connectivity index (χ0n) is 19.7. The van der Waals surface area contributed by atoms with Gasteiger partial charge in [0.25, 0.3) is 5.91 Å². The molecule has 2 aromatic heterocycles. The lowest BCUT2D eigenvalue weighted by atomic mass is 10.1. The van der Waals surface area contributed by atoms with Gasteiger partial charge in [-0.05, 0) is 49.6 Å². The number of thiophene rings is 1. The van der Waals surface area contributed by atoms with Crippen molar-refractivity contribution in [1.82, 2.24) is 14.4 Å². The van der Waals surface area contributed by atoms with E-state index in [4.69, 9.17) is 0 Å². The molecular weight excluding hydrogens is 463 g/mol. The van der Waals surface area contributed by atoms with Crippen LogP contribution in [0.4, 0.5) is 14.9 Å². The predicted octanol–water partition coefficient (Wildman–Crippen LogP) is 5.58. The fourth-order valence-corrected chi connectivity index (χ4v) is 5.44. The van der Waals surface area contributed by atoms with Crippen molar-refractivity contribution in [3.63, 3.8) is 0 Å². The molecule has 0 bridgehead atoms. The molecule has 1 atom stereocenters. The van der Waals surface area contributed by atoms with Crippen molar-refractivity contribution in [2.45, 2.75) is 26.4 Å². The van der Waals surface area contributed by atoms with Crippen LogP contribution in [-0.2, 0) is 6.54 Å². The first kappa shape index (κ1) is 23.1. The molecule has 6 nitrogen and oxygen atoms in total. The van der Waals surface area contributed by atoms with Gasteiger partial charge in [-0.25, -0.2) is 9.18 Å². The third-order valence-electron chi connectivity index (χ3n) is 6.49. The second-order valence-corrected chi connectivity index (χ2v) is 9.87. The molecule has 4 aromatic rings. The van der Waals surface area contributed by atoms with E-state index in [0.717, 1.165) is 21.5 Å². The van der Waals surface area contributed by atoms with E-state index in [1.54, 1.807) is 28.0 Å². The fraction of sp³-hybridized carbons (Fsp3) is 0.259. The summed E-state index contributed by atoms with van der Waals surface area (Å²) < 4.78 is 16.3. The first-order chi connectivity index (χ1) is 16.9. The average Bonchev–Trinajstić information content (AvgIpc) is 3.44. The molecule has 180 valence electrons. The highest BCUT2D eigenvalue weighted by Gasteiger charge is 2.32. The van der Waals surface area contributed by atoms with Gasteiger partial charge in [-0.3, -0.25) is 4.79 Å². The topological polar surface area (TPSA) is 57.6 Å². The Bertz CT molecular complexity index is 1380. The number of urea groups is 1. The summed E-state index contributed by atoms with van der Waals surface area (Å²) in [5, 5.41) is 5.89. The second kappa shape index (κ2) is 9.54. The van der Waals surface area contributed by atoms with Gasteiger partial charge < -0.3 is 19.7 Å². The van der Waals surface area contributed by atoms with Crippen LogP contribution in [-0.4, -0.2) is 52.0 Å². The summed E-state index contributed by atoms with van der Waals surface area (Å²) in [6, 6.07) is 17.9. The van der Waals surface area contributed by atoms with E-state index in [1.165, 1.54) is 17.4 Å². The highest BCUT2D eigenvalue weighted by molar-refractivity contribution is 7.16. The fourth-order valence-electron chi connectivity index (χ4n) is 4.54. The van der Waals surface area contributed by atoms with Crippen LogP contribution < -0.4 is 5.32 Å². The quantitative estimate of drug-likeness (QED) is 0.406. The van der Waals surface area contributed by atoms with Crippen molar-refractivity contribution in [3.05, 3.63) is 88.7 Å². The molecule has 0 saturated carbocycles. The van der Waals surface area contributed by atoms with Crippen LogP contribution in [0.5, 0.6) is 0 Å². The first-order valence-electron chi connectivity index (χ1n) is 11.6. The molecule has 3 heterocycles.